The first-order valence-corrected chi connectivity index (χ1v) is 3.92. The van der Waals surface area contributed by atoms with Gasteiger partial charge in [-0.15, -0.1) is 0 Å². The van der Waals surface area contributed by atoms with Crippen molar-refractivity contribution in [3.8, 4) is 0 Å². The van der Waals surface area contributed by atoms with Gasteiger partial charge in [-0.2, -0.15) is 0 Å². The molecule has 1 aliphatic rings. The lowest BCUT2D eigenvalue weighted by molar-refractivity contribution is 0.300. The van der Waals surface area contributed by atoms with Gasteiger partial charge in [-0.05, 0) is 25.3 Å². The van der Waals surface area contributed by atoms with Crippen molar-refractivity contribution in [1.29, 1.82) is 0 Å². The van der Waals surface area contributed by atoms with Gasteiger partial charge in [0, 0.05) is 12.1 Å². The maximum atomic E-state index is 8.64. The van der Waals surface area contributed by atoms with Crippen molar-refractivity contribution in [1.82, 2.24) is 0 Å². The summed E-state index contributed by atoms with van der Waals surface area (Å²) in [7, 11) is 0. The van der Waals surface area contributed by atoms with Crippen LogP contribution in [0.1, 0.15) is 19.8 Å². The smallest absolute Gasteiger partial charge is 0.0471 e. The molecule has 0 aliphatic heterocycles. The van der Waals surface area contributed by atoms with Crippen LogP contribution in [-0.2, 0) is 0 Å². The number of hydrogen-bond donors (Lipinski definition) is 2. The van der Waals surface area contributed by atoms with E-state index in [-0.39, 0.29) is 12.1 Å². The van der Waals surface area contributed by atoms with Gasteiger partial charge in [0.15, 0.2) is 0 Å². The quantitative estimate of drug-likeness (QED) is 0.621. The van der Waals surface area contributed by atoms with Crippen molar-refractivity contribution in [2.75, 3.05) is 6.61 Å². The van der Waals surface area contributed by atoms with Gasteiger partial charge in [0.05, 0.1) is 0 Å². The molecule has 3 N–H and O–H groups in total. The Morgan fingerprint density at radius 3 is 2.91 bits per heavy atom. The molecule has 0 saturated heterocycles. The SMILES string of the molecule is CC1(N)C=CC(CCO)=CC1. The number of aliphatic hydroxyl groups excluding tert-OH is 1. The van der Waals surface area contributed by atoms with Crippen LogP contribution >= 0.6 is 0 Å². The van der Waals surface area contributed by atoms with E-state index in [1.54, 1.807) is 0 Å². The van der Waals surface area contributed by atoms with Crippen LogP contribution in [-0.4, -0.2) is 17.3 Å². The van der Waals surface area contributed by atoms with Crippen LogP contribution in [0.15, 0.2) is 23.8 Å². The molecule has 0 saturated carbocycles. The predicted molar refractivity (Wildman–Crippen MR) is 46.1 cm³/mol. The highest BCUT2D eigenvalue weighted by Gasteiger charge is 2.15. The summed E-state index contributed by atoms with van der Waals surface area (Å²) >= 11 is 0. The van der Waals surface area contributed by atoms with Gasteiger partial charge in [0.25, 0.3) is 0 Å². The maximum absolute atomic E-state index is 8.64. The lowest BCUT2D eigenvalue weighted by atomic mass is 9.91. The van der Waals surface area contributed by atoms with E-state index >= 15 is 0 Å². The lowest BCUT2D eigenvalue weighted by Gasteiger charge is -2.22. The first-order chi connectivity index (χ1) is 5.14. The Hall–Kier alpha value is -0.600. The Labute approximate surface area is 67.4 Å². The summed E-state index contributed by atoms with van der Waals surface area (Å²) in [4.78, 5) is 0. The third kappa shape index (κ3) is 2.48. The molecular formula is C9H15NO. The molecule has 1 aliphatic carbocycles. The van der Waals surface area contributed by atoms with E-state index in [0.717, 1.165) is 12.8 Å². The van der Waals surface area contributed by atoms with Gasteiger partial charge in [-0.25, -0.2) is 0 Å². The second-order valence-corrected chi connectivity index (χ2v) is 3.30. The normalized spacial score (nSPS) is 30.3. The molecule has 0 aromatic carbocycles. The molecule has 0 heterocycles. The standard InChI is InChI=1S/C9H15NO/c1-9(10)5-2-8(3-6-9)4-7-11/h2-3,5,11H,4,6-7,10H2,1H3. The van der Waals surface area contributed by atoms with E-state index in [1.807, 2.05) is 19.1 Å². The van der Waals surface area contributed by atoms with Gasteiger partial charge in [0.2, 0.25) is 0 Å². The average molecular weight is 153 g/mol. The lowest BCUT2D eigenvalue weighted by Crippen LogP contribution is -2.34. The van der Waals surface area contributed by atoms with Crippen LogP contribution in [0.3, 0.4) is 0 Å². The summed E-state index contributed by atoms with van der Waals surface area (Å²) in [5.74, 6) is 0. The largest absolute Gasteiger partial charge is 0.396 e. The van der Waals surface area contributed by atoms with Gasteiger partial charge in [-0.1, -0.05) is 18.2 Å². The second kappa shape index (κ2) is 3.20. The first-order valence-electron chi connectivity index (χ1n) is 3.92. The monoisotopic (exact) mass is 153 g/mol. The molecule has 0 radical (unpaired) electrons. The molecule has 0 aromatic rings. The molecule has 62 valence electrons. The van der Waals surface area contributed by atoms with Crippen molar-refractivity contribution in [2.24, 2.45) is 5.73 Å². The Kier molecular flexibility index (Phi) is 2.47. The zero-order chi connectivity index (χ0) is 8.32. The van der Waals surface area contributed by atoms with E-state index in [0.29, 0.717) is 0 Å². The summed E-state index contributed by atoms with van der Waals surface area (Å²) in [5.41, 5.74) is 6.85. The Balaban J connectivity index is 2.53. The van der Waals surface area contributed by atoms with Crippen LogP contribution in [0.2, 0.25) is 0 Å². The van der Waals surface area contributed by atoms with Crippen molar-refractivity contribution < 1.29 is 5.11 Å². The molecule has 0 amide bonds. The number of nitrogens with two attached hydrogens (primary N) is 1. The molecule has 1 unspecified atom stereocenters. The summed E-state index contributed by atoms with van der Waals surface area (Å²) < 4.78 is 0. The highest BCUT2D eigenvalue weighted by atomic mass is 16.2. The van der Waals surface area contributed by atoms with Crippen molar-refractivity contribution in [3.63, 3.8) is 0 Å². The number of rotatable bonds is 2. The average Bonchev–Trinajstić information content (AvgIpc) is 1.94. The number of hydrogen-bond acceptors (Lipinski definition) is 2. The van der Waals surface area contributed by atoms with E-state index in [9.17, 15) is 0 Å². The van der Waals surface area contributed by atoms with Crippen LogP contribution in [0.5, 0.6) is 0 Å². The molecule has 11 heavy (non-hydrogen) atoms. The fourth-order valence-electron chi connectivity index (χ4n) is 1.10. The molecule has 1 rings (SSSR count). The molecule has 2 heteroatoms. The Bertz CT molecular complexity index is 192. The predicted octanol–water partition coefficient (Wildman–Crippen LogP) is 0.973. The fraction of sp³-hybridized carbons (Fsp3) is 0.556. The highest BCUT2D eigenvalue weighted by Crippen LogP contribution is 2.19. The van der Waals surface area contributed by atoms with E-state index < -0.39 is 0 Å². The molecule has 2 nitrogen and oxygen atoms in total. The van der Waals surface area contributed by atoms with Crippen LogP contribution < -0.4 is 5.73 Å². The zero-order valence-electron chi connectivity index (χ0n) is 6.88. The number of allylic oxidation sites excluding steroid dienone is 1. The molecule has 0 bridgehead atoms. The van der Waals surface area contributed by atoms with Gasteiger partial charge < -0.3 is 10.8 Å². The number of aliphatic hydroxyl groups is 1. The minimum atomic E-state index is -0.182. The zero-order valence-corrected chi connectivity index (χ0v) is 6.88. The second-order valence-electron chi connectivity index (χ2n) is 3.30. The highest BCUT2D eigenvalue weighted by molar-refractivity contribution is 5.28. The minimum absolute atomic E-state index is 0.182. The topological polar surface area (TPSA) is 46.2 Å². The molecule has 0 fully saturated rings. The third-order valence-electron chi connectivity index (χ3n) is 1.88. The summed E-state index contributed by atoms with van der Waals surface area (Å²) in [6.45, 7) is 2.22. The van der Waals surface area contributed by atoms with E-state index in [4.69, 9.17) is 10.8 Å². The van der Waals surface area contributed by atoms with Gasteiger partial charge in [0.1, 0.15) is 0 Å². The maximum Gasteiger partial charge on any atom is 0.0471 e. The summed E-state index contributed by atoms with van der Waals surface area (Å²) in [6.07, 6.45) is 7.71. The fourth-order valence-corrected chi connectivity index (χ4v) is 1.10. The van der Waals surface area contributed by atoms with Crippen molar-refractivity contribution in [3.05, 3.63) is 23.8 Å². The van der Waals surface area contributed by atoms with Gasteiger partial charge >= 0.3 is 0 Å². The van der Waals surface area contributed by atoms with Crippen LogP contribution in [0, 0.1) is 0 Å². The minimum Gasteiger partial charge on any atom is -0.396 e. The van der Waals surface area contributed by atoms with Gasteiger partial charge in [-0.3, -0.25) is 0 Å². The van der Waals surface area contributed by atoms with Crippen LogP contribution in [0.25, 0.3) is 0 Å². The van der Waals surface area contributed by atoms with Crippen molar-refractivity contribution in [2.45, 2.75) is 25.3 Å². The Morgan fingerprint density at radius 2 is 2.45 bits per heavy atom. The molecular weight excluding hydrogens is 138 g/mol. The first kappa shape index (κ1) is 8.50. The van der Waals surface area contributed by atoms with Crippen LogP contribution in [0.4, 0.5) is 0 Å². The molecule has 0 aromatic heterocycles. The Morgan fingerprint density at radius 1 is 1.73 bits per heavy atom. The summed E-state index contributed by atoms with van der Waals surface area (Å²) in [5, 5.41) is 8.64. The molecule has 0 spiro atoms. The third-order valence-corrected chi connectivity index (χ3v) is 1.88. The molecule has 1 atom stereocenters. The van der Waals surface area contributed by atoms with E-state index in [1.165, 1.54) is 5.57 Å². The summed E-state index contributed by atoms with van der Waals surface area (Å²) in [6, 6.07) is 0. The van der Waals surface area contributed by atoms with Crippen molar-refractivity contribution >= 4 is 0 Å². The van der Waals surface area contributed by atoms with E-state index in [2.05, 4.69) is 6.08 Å².